The normalized spacial score (nSPS) is 12.5. The number of benzene rings is 2. The monoisotopic (exact) mass is 273 g/mol. The first-order chi connectivity index (χ1) is 9.49. The van der Waals surface area contributed by atoms with Crippen LogP contribution < -0.4 is 10.5 Å². The van der Waals surface area contributed by atoms with Crippen molar-refractivity contribution in [1.29, 1.82) is 0 Å². The van der Waals surface area contributed by atoms with E-state index in [1.54, 1.807) is 12.1 Å². The zero-order chi connectivity index (χ0) is 14.7. The number of halogens is 1. The van der Waals surface area contributed by atoms with Crippen molar-refractivity contribution >= 4 is 0 Å². The second-order valence-corrected chi connectivity index (χ2v) is 5.27. The van der Waals surface area contributed by atoms with Gasteiger partial charge in [-0.25, -0.2) is 4.39 Å². The molecule has 0 amide bonds. The van der Waals surface area contributed by atoms with Crippen LogP contribution in [-0.2, 0) is 0 Å². The first-order valence-corrected chi connectivity index (χ1v) is 6.81. The summed E-state index contributed by atoms with van der Waals surface area (Å²) in [4.78, 5) is 0. The molecule has 2 rings (SSSR count). The van der Waals surface area contributed by atoms with Gasteiger partial charge in [0.1, 0.15) is 5.75 Å². The maximum Gasteiger partial charge on any atom is 0.166 e. The highest BCUT2D eigenvalue weighted by molar-refractivity contribution is 5.40. The van der Waals surface area contributed by atoms with Gasteiger partial charge < -0.3 is 10.5 Å². The summed E-state index contributed by atoms with van der Waals surface area (Å²) in [6.45, 7) is 5.98. The second kappa shape index (κ2) is 6.06. The standard InChI is InChI=1S/C17H20FNO/c1-11(2)14-6-4-5-7-16(14)20-17-9-8-13(12(3)19)10-15(17)18/h4-12H,19H2,1-3H3. The van der Waals surface area contributed by atoms with Crippen molar-refractivity contribution in [3.63, 3.8) is 0 Å². The number of hydrogen-bond donors (Lipinski definition) is 1. The first-order valence-electron chi connectivity index (χ1n) is 6.81. The van der Waals surface area contributed by atoms with Crippen molar-refractivity contribution in [3.05, 3.63) is 59.4 Å². The van der Waals surface area contributed by atoms with Gasteiger partial charge in [-0.3, -0.25) is 0 Å². The van der Waals surface area contributed by atoms with E-state index >= 15 is 0 Å². The second-order valence-electron chi connectivity index (χ2n) is 5.27. The van der Waals surface area contributed by atoms with Crippen molar-refractivity contribution in [2.24, 2.45) is 5.73 Å². The molecule has 0 aliphatic heterocycles. The number of ether oxygens (including phenoxy) is 1. The molecule has 2 N–H and O–H groups in total. The van der Waals surface area contributed by atoms with Crippen LogP contribution in [0.15, 0.2) is 42.5 Å². The van der Waals surface area contributed by atoms with Gasteiger partial charge in [-0.15, -0.1) is 0 Å². The maximum absolute atomic E-state index is 14.0. The van der Waals surface area contributed by atoms with Crippen molar-refractivity contribution in [1.82, 2.24) is 0 Å². The lowest BCUT2D eigenvalue weighted by Gasteiger charge is -2.15. The number of nitrogens with two attached hydrogens (primary N) is 1. The van der Waals surface area contributed by atoms with Crippen LogP contribution >= 0.6 is 0 Å². The fourth-order valence-electron chi connectivity index (χ4n) is 2.05. The van der Waals surface area contributed by atoms with Gasteiger partial charge >= 0.3 is 0 Å². The number of para-hydroxylation sites is 1. The van der Waals surface area contributed by atoms with Crippen molar-refractivity contribution in [3.8, 4) is 11.5 Å². The topological polar surface area (TPSA) is 35.2 Å². The molecule has 0 spiro atoms. The third-order valence-corrected chi connectivity index (χ3v) is 3.24. The van der Waals surface area contributed by atoms with Crippen molar-refractivity contribution < 1.29 is 9.13 Å². The molecule has 0 saturated heterocycles. The summed E-state index contributed by atoms with van der Waals surface area (Å²) in [6.07, 6.45) is 0. The molecule has 2 aromatic carbocycles. The Bertz CT molecular complexity index is 593. The van der Waals surface area contributed by atoms with E-state index in [9.17, 15) is 4.39 Å². The third-order valence-electron chi connectivity index (χ3n) is 3.24. The SMILES string of the molecule is CC(C)c1ccccc1Oc1ccc(C(C)N)cc1F. The molecule has 3 heteroatoms. The van der Waals surface area contributed by atoms with Crippen molar-refractivity contribution in [2.45, 2.75) is 32.7 Å². The molecule has 1 unspecified atom stereocenters. The lowest BCUT2D eigenvalue weighted by molar-refractivity contribution is 0.435. The van der Waals surface area contributed by atoms with E-state index in [2.05, 4.69) is 13.8 Å². The molecule has 0 aliphatic rings. The highest BCUT2D eigenvalue weighted by atomic mass is 19.1. The minimum Gasteiger partial charge on any atom is -0.454 e. The van der Waals surface area contributed by atoms with Gasteiger partial charge in [0.25, 0.3) is 0 Å². The molecule has 0 aromatic heterocycles. The van der Waals surface area contributed by atoms with Gasteiger partial charge in [-0.2, -0.15) is 0 Å². The molecule has 0 radical (unpaired) electrons. The van der Waals surface area contributed by atoms with Crippen molar-refractivity contribution in [2.75, 3.05) is 0 Å². The molecule has 2 aromatic rings. The largest absolute Gasteiger partial charge is 0.454 e. The third kappa shape index (κ3) is 3.17. The highest BCUT2D eigenvalue weighted by Gasteiger charge is 2.12. The molecule has 0 bridgehead atoms. The molecule has 2 nitrogen and oxygen atoms in total. The number of hydrogen-bond acceptors (Lipinski definition) is 2. The zero-order valence-electron chi connectivity index (χ0n) is 12.1. The molecule has 0 heterocycles. The molecular formula is C17H20FNO. The summed E-state index contributed by atoms with van der Waals surface area (Å²) in [5.41, 5.74) is 7.56. The fraction of sp³-hybridized carbons (Fsp3) is 0.294. The maximum atomic E-state index is 14.0. The lowest BCUT2D eigenvalue weighted by Crippen LogP contribution is -2.05. The Kier molecular flexibility index (Phi) is 4.40. The Hall–Kier alpha value is -1.87. The van der Waals surface area contributed by atoms with Gasteiger partial charge in [-0.05, 0) is 42.2 Å². The van der Waals surface area contributed by atoms with Gasteiger partial charge in [0.2, 0.25) is 0 Å². The number of rotatable bonds is 4. The fourth-order valence-corrected chi connectivity index (χ4v) is 2.05. The van der Waals surface area contributed by atoms with E-state index in [-0.39, 0.29) is 11.8 Å². The summed E-state index contributed by atoms with van der Waals surface area (Å²) in [5.74, 6) is 0.841. The Balaban J connectivity index is 2.31. The Morgan fingerprint density at radius 2 is 1.70 bits per heavy atom. The van der Waals surface area contributed by atoms with Crippen LogP contribution in [0.5, 0.6) is 11.5 Å². The Labute approximate surface area is 119 Å². The van der Waals surface area contributed by atoms with E-state index in [0.29, 0.717) is 11.7 Å². The van der Waals surface area contributed by atoms with Crippen LogP contribution in [0.3, 0.4) is 0 Å². The average Bonchev–Trinajstić information content (AvgIpc) is 2.41. The molecule has 20 heavy (non-hydrogen) atoms. The Morgan fingerprint density at radius 1 is 1.00 bits per heavy atom. The van der Waals surface area contributed by atoms with Crippen LogP contribution in [0.4, 0.5) is 4.39 Å². The summed E-state index contributed by atoms with van der Waals surface area (Å²) >= 11 is 0. The molecule has 0 aliphatic carbocycles. The molecule has 0 fully saturated rings. The van der Waals surface area contributed by atoms with Gasteiger partial charge in [-0.1, -0.05) is 38.1 Å². The molecular weight excluding hydrogens is 253 g/mol. The van der Waals surface area contributed by atoms with E-state index in [1.165, 1.54) is 6.07 Å². The lowest BCUT2D eigenvalue weighted by atomic mass is 10.0. The zero-order valence-corrected chi connectivity index (χ0v) is 12.1. The predicted octanol–water partition coefficient (Wildman–Crippen LogP) is 4.76. The van der Waals surface area contributed by atoms with Crippen LogP contribution in [0.25, 0.3) is 0 Å². The quantitative estimate of drug-likeness (QED) is 0.871. The summed E-state index contributed by atoms with van der Waals surface area (Å²) in [5, 5.41) is 0. The molecule has 0 saturated carbocycles. The summed E-state index contributed by atoms with van der Waals surface area (Å²) < 4.78 is 19.8. The van der Waals surface area contributed by atoms with Gasteiger partial charge in [0.15, 0.2) is 11.6 Å². The minimum absolute atomic E-state index is 0.193. The average molecular weight is 273 g/mol. The highest BCUT2D eigenvalue weighted by Crippen LogP contribution is 2.32. The molecule has 106 valence electrons. The molecule has 1 atom stereocenters. The van der Waals surface area contributed by atoms with E-state index < -0.39 is 5.82 Å². The Morgan fingerprint density at radius 3 is 2.30 bits per heavy atom. The first kappa shape index (κ1) is 14.5. The van der Waals surface area contributed by atoms with E-state index in [0.717, 1.165) is 11.1 Å². The smallest absolute Gasteiger partial charge is 0.166 e. The van der Waals surface area contributed by atoms with Crippen LogP contribution in [0, 0.1) is 5.82 Å². The minimum atomic E-state index is -0.390. The predicted molar refractivity (Wildman–Crippen MR) is 79.6 cm³/mol. The van der Waals surface area contributed by atoms with Crippen LogP contribution in [0.2, 0.25) is 0 Å². The van der Waals surface area contributed by atoms with E-state index in [1.807, 2.05) is 31.2 Å². The van der Waals surface area contributed by atoms with Crippen LogP contribution in [-0.4, -0.2) is 0 Å². The van der Waals surface area contributed by atoms with E-state index in [4.69, 9.17) is 10.5 Å². The summed E-state index contributed by atoms with van der Waals surface area (Å²) in [6, 6.07) is 12.3. The van der Waals surface area contributed by atoms with Crippen LogP contribution in [0.1, 0.15) is 43.9 Å². The van der Waals surface area contributed by atoms with Gasteiger partial charge in [0.05, 0.1) is 0 Å². The summed E-state index contributed by atoms with van der Waals surface area (Å²) in [7, 11) is 0. The van der Waals surface area contributed by atoms with Gasteiger partial charge in [0, 0.05) is 6.04 Å².